The summed E-state index contributed by atoms with van der Waals surface area (Å²) in [5.74, 6) is 1.79. The summed E-state index contributed by atoms with van der Waals surface area (Å²) in [6.45, 7) is 3.91. The van der Waals surface area contributed by atoms with E-state index in [0.717, 1.165) is 35.7 Å². The maximum Gasteiger partial charge on any atom is 0.193 e. The van der Waals surface area contributed by atoms with E-state index >= 15 is 0 Å². The summed E-state index contributed by atoms with van der Waals surface area (Å²) in [5.41, 5.74) is 1.12. The zero-order chi connectivity index (χ0) is 14.4. The first kappa shape index (κ1) is 18.7. The van der Waals surface area contributed by atoms with Crippen molar-refractivity contribution >= 4 is 41.3 Å². The van der Waals surface area contributed by atoms with E-state index < -0.39 is 0 Å². The molecule has 1 heterocycles. The molecule has 1 saturated carbocycles. The Morgan fingerprint density at radius 1 is 1.43 bits per heavy atom. The first-order valence-electron chi connectivity index (χ1n) is 7.52. The van der Waals surface area contributed by atoms with Crippen molar-refractivity contribution in [3.63, 3.8) is 0 Å². The Kier molecular flexibility index (Phi) is 8.55. The Morgan fingerprint density at radius 2 is 2.14 bits per heavy atom. The van der Waals surface area contributed by atoms with Gasteiger partial charge in [0.1, 0.15) is 0 Å². The van der Waals surface area contributed by atoms with E-state index in [4.69, 9.17) is 0 Å². The number of aromatic nitrogens is 1. The third-order valence-electron chi connectivity index (χ3n) is 3.91. The smallest absolute Gasteiger partial charge is 0.193 e. The summed E-state index contributed by atoms with van der Waals surface area (Å²) in [4.78, 5) is 11.0. The van der Waals surface area contributed by atoms with Gasteiger partial charge < -0.3 is 10.2 Å². The van der Waals surface area contributed by atoms with Crippen LogP contribution in [0.1, 0.15) is 42.8 Å². The van der Waals surface area contributed by atoms with E-state index in [-0.39, 0.29) is 24.0 Å². The topological polar surface area (TPSA) is 40.5 Å². The van der Waals surface area contributed by atoms with Crippen LogP contribution in [0.3, 0.4) is 0 Å². The fourth-order valence-electron chi connectivity index (χ4n) is 2.81. The third-order valence-corrected chi connectivity index (χ3v) is 4.74. The lowest BCUT2D eigenvalue weighted by molar-refractivity contribution is 0.349. The predicted octanol–water partition coefficient (Wildman–Crippen LogP) is 3.66. The normalized spacial score (nSPS) is 16.4. The van der Waals surface area contributed by atoms with Crippen LogP contribution in [-0.4, -0.2) is 36.5 Å². The summed E-state index contributed by atoms with van der Waals surface area (Å²) >= 11 is 1.70. The molecule has 21 heavy (non-hydrogen) atoms. The van der Waals surface area contributed by atoms with Gasteiger partial charge in [-0.25, -0.2) is 4.98 Å². The molecule has 1 aromatic heterocycles. The fourth-order valence-corrected chi connectivity index (χ4v) is 3.41. The number of nitrogens with one attached hydrogen (secondary N) is 1. The summed E-state index contributed by atoms with van der Waals surface area (Å²) in [6, 6.07) is 0. The minimum Gasteiger partial charge on any atom is -0.356 e. The number of aliphatic imine (C=N–C) groups is 1. The van der Waals surface area contributed by atoms with E-state index in [1.807, 2.05) is 14.0 Å². The van der Waals surface area contributed by atoms with Crippen molar-refractivity contribution in [1.82, 2.24) is 15.2 Å². The van der Waals surface area contributed by atoms with Gasteiger partial charge in [0.2, 0.25) is 0 Å². The maximum atomic E-state index is 4.51. The molecule has 2 rings (SSSR count). The Balaban J connectivity index is 0.00000220. The van der Waals surface area contributed by atoms with Gasteiger partial charge in [-0.05, 0) is 25.7 Å². The van der Waals surface area contributed by atoms with Gasteiger partial charge >= 0.3 is 0 Å². The van der Waals surface area contributed by atoms with E-state index in [9.17, 15) is 0 Å². The van der Waals surface area contributed by atoms with Crippen molar-refractivity contribution in [3.8, 4) is 0 Å². The van der Waals surface area contributed by atoms with Crippen LogP contribution in [0.4, 0.5) is 0 Å². The lowest BCUT2D eigenvalue weighted by Crippen LogP contribution is -2.41. The molecule has 1 fully saturated rings. The highest BCUT2D eigenvalue weighted by atomic mass is 127. The van der Waals surface area contributed by atoms with Crippen LogP contribution in [0.25, 0.3) is 0 Å². The number of aryl methyl sites for hydroxylation is 1. The van der Waals surface area contributed by atoms with Gasteiger partial charge in [-0.1, -0.05) is 19.3 Å². The van der Waals surface area contributed by atoms with Crippen molar-refractivity contribution < 1.29 is 0 Å². The standard InChI is InChI=1S/C15H26N4S.HI/c1-12-18-14(11-20-12)10-19(3)15(16-2)17-9-13-7-5-4-6-8-13;/h11,13H,4-10H2,1-3H3,(H,16,17);1H. The molecule has 0 atom stereocenters. The first-order valence-corrected chi connectivity index (χ1v) is 8.40. The number of hydrogen-bond donors (Lipinski definition) is 1. The Hall–Kier alpha value is -0.370. The third kappa shape index (κ3) is 6.10. The molecule has 120 valence electrons. The van der Waals surface area contributed by atoms with Crippen molar-refractivity contribution in [3.05, 3.63) is 16.1 Å². The van der Waals surface area contributed by atoms with E-state index in [1.165, 1.54) is 32.1 Å². The molecule has 0 saturated heterocycles. The monoisotopic (exact) mass is 422 g/mol. The molecule has 6 heteroatoms. The zero-order valence-electron chi connectivity index (χ0n) is 13.3. The average molecular weight is 422 g/mol. The van der Waals surface area contributed by atoms with Crippen LogP contribution in [0, 0.1) is 12.8 Å². The first-order chi connectivity index (χ1) is 9.69. The number of thiazole rings is 1. The molecule has 0 aliphatic heterocycles. The minimum absolute atomic E-state index is 0. The number of guanidine groups is 1. The minimum atomic E-state index is 0. The molecule has 0 unspecified atom stereocenters. The summed E-state index contributed by atoms with van der Waals surface area (Å²) < 4.78 is 0. The van der Waals surface area contributed by atoms with Crippen molar-refractivity contribution in [2.24, 2.45) is 10.9 Å². The van der Waals surface area contributed by atoms with Gasteiger partial charge in [0.25, 0.3) is 0 Å². The molecular formula is C15H27IN4S. The Bertz CT molecular complexity index is 441. The van der Waals surface area contributed by atoms with Crippen molar-refractivity contribution in [2.75, 3.05) is 20.6 Å². The maximum absolute atomic E-state index is 4.51. The van der Waals surface area contributed by atoms with Crippen LogP contribution in [0.15, 0.2) is 10.4 Å². The van der Waals surface area contributed by atoms with Crippen LogP contribution in [0.2, 0.25) is 0 Å². The van der Waals surface area contributed by atoms with Gasteiger partial charge in [0.05, 0.1) is 17.2 Å². The highest BCUT2D eigenvalue weighted by molar-refractivity contribution is 14.0. The Labute approximate surface area is 149 Å². The van der Waals surface area contributed by atoms with Gasteiger partial charge in [-0.2, -0.15) is 0 Å². The second-order valence-electron chi connectivity index (χ2n) is 5.65. The van der Waals surface area contributed by atoms with E-state index in [2.05, 4.69) is 32.6 Å². The molecule has 0 radical (unpaired) electrons. The van der Waals surface area contributed by atoms with Crippen LogP contribution in [0.5, 0.6) is 0 Å². The second-order valence-corrected chi connectivity index (χ2v) is 6.71. The van der Waals surface area contributed by atoms with Crippen molar-refractivity contribution in [1.29, 1.82) is 0 Å². The highest BCUT2D eigenvalue weighted by Crippen LogP contribution is 2.22. The highest BCUT2D eigenvalue weighted by Gasteiger charge is 2.15. The summed E-state index contributed by atoms with van der Waals surface area (Å²) in [5, 5.41) is 6.77. The molecule has 4 nitrogen and oxygen atoms in total. The quantitative estimate of drug-likeness (QED) is 0.458. The molecule has 1 aliphatic carbocycles. The average Bonchev–Trinajstić information content (AvgIpc) is 2.86. The SMILES string of the molecule is CN=C(NCC1CCCCC1)N(C)Cc1csc(C)n1.I. The lowest BCUT2D eigenvalue weighted by atomic mass is 9.89. The molecular weight excluding hydrogens is 395 g/mol. The van der Waals surface area contributed by atoms with Gasteiger partial charge in [0.15, 0.2) is 5.96 Å². The second kappa shape index (κ2) is 9.61. The molecule has 1 aromatic rings. The van der Waals surface area contributed by atoms with Crippen LogP contribution in [-0.2, 0) is 6.54 Å². The van der Waals surface area contributed by atoms with Gasteiger partial charge in [-0.15, -0.1) is 35.3 Å². The zero-order valence-corrected chi connectivity index (χ0v) is 16.4. The summed E-state index contributed by atoms with van der Waals surface area (Å²) in [7, 11) is 3.93. The van der Waals surface area contributed by atoms with Crippen molar-refractivity contribution in [2.45, 2.75) is 45.6 Å². The number of rotatable bonds is 4. The van der Waals surface area contributed by atoms with E-state index in [0.29, 0.717) is 0 Å². The van der Waals surface area contributed by atoms with Gasteiger partial charge in [0, 0.05) is 26.0 Å². The lowest BCUT2D eigenvalue weighted by Gasteiger charge is -2.26. The summed E-state index contributed by atoms with van der Waals surface area (Å²) in [6.07, 6.45) is 6.91. The van der Waals surface area contributed by atoms with Crippen LogP contribution < -0.4 is 5.32 Å². The van der Waals surface area contributed by atoms with Crippen LogP contribution >= 0.6 is 35.3 Å². The number of nitrogens with zero attached hydrogens (tertiary/aromatic N) is 3. The molecule has 0 bridgehead atoms. The predicted molar refractivity (Wildman–Crippen MR) is 102 cm³/mol. The fraction of sp³-hybridized carbons (Fsp3) is 0.733. The van der Waals surface area contributed by atoms with E-state index in [1.54, 1.807) is 11.3 Å². The molecule has 0 amide bonds. The van der Waals surface area contributed by atoms with Gasteiger partial charge in [-0.3, -0.25) is 4.99 Å². The molecule has 1 aliphatic rings. The largest absolute Gasteiger partial charge is 0.356 e. The molecule has 0 aromatic carbocycles. The number of halogens is 1. The Morgan fingerprint density at radius 3 is 2.71 bits per heavy atom. The number of hydrogen-bond acceptors (Lipinski definition) is 3. The molecule has 0 spiro atoms. The molecule has 1 N–H and O–H groups in total.